The summed E-state index contributed by atoms with van der Waals surface area (Å²) in [5, 5.41) is 8.45. The molecule has 2 aromatic carbocycles. The van der Waals surface area contributed by atoms with Crippen LogP contribution in [0.25, 0.3) is 10.9 Å². The molecular weight excluding hydrogens is 349 g/mol. The number of aromatic nitrogens is 1. The number of rotatable bonds is 4. The molecule has 0 aliphatic carbocycles. The fraction of sp³-hybridized carbons (Fsp3) is 0.0588. The molecule has 7 heteroatoms. The molecule has 0 unspecified atom stereocenters. The van der Waals surface area contributed by atoms with E-state index in [1.54, 1.807) is 30.3 Å². The first-order valence-electron chi connectivity index (χ1n) is 6.96. The van der Waals surface area contributed by atoms with Gasteiger partial charge in [-0.25, -0.2) is 0 Å². The van der Waals surface area contributed by atoms with Gasteiger partial charge in [0.1, 0.15) is 11.4 Å². The summed E-state index contributed by atoms with van der Waals surface area (Å²) in [5.74, 6) is 0.164. The van der Waals surface area contributed by atoms with E-state index in [0.29, 0.717) is 38.5 Å². The lowest BCUT2D eigenvalue weighted by Gasteiger charge is -2.04. The van der Waals surface area contributed by atoms with Crippen LogP contribution in [0, 0.1) is 5.41 Å². The SMILES string of the molecule is COc1ccc2[nH]c(C(=O)c3ccc(N)c(C=N)c3)c(Cl)c2c1Cl. The van der Waals surface area contributed by atoms with Gasteiger partial charge < -0.3 is 20.9 Å². The number of hydrogen-bond donors (Lipinski definition) is 3. The molecule has 4 N–H and O–H groups in total. The maximum absolute atomic E-state index is 12.8. The number of nitrogens with one attached hydrogen (secondary N) is 2. The molecule has 0 fully saturated rings. The minimum absolute atomic E-state index is 0.225. The van der Waals surface area contributed by atoms with Crippen molar-refractivity contribution in [2.45, 2.75) is 0 Å². The Hall–Kier alpha value is -2.50. The smallest absolute Gasteiger partial charge is 0.210 e. The number of hydrogen-bond acceptors (Lipinski definition) is 4. The Balaban J connectivity index is 2.16. The van der Waals surface area contributed by atoms with Crippen LogP contribution < -0.4 is 10.5 Å². The maximum atomic E-state index is 12.8. The second kappa shape index (κ2) is 6.19. The lowest BCUT2D eigenvalue weighted by molar-refractivity contribution is 0.103. The number of fused-ring (bicyclic) bond motifs is 1. The van der Waals surface area contributed by atoms with Gasteiger partial charge in [0.15, 0.2) is 0 Å². The molecule has 3 rings (SSSR count). The summed E-state index contributed by atoms with van der Waals surface area (Å²) in [4.78, 5) is 15.8. The van der Waals surface area contributed by atoms with E-state index in [2.05, 4.69) is 4.98 Å². The molecule has 24 heavy (non-hydrogen) atoms. The number of carbonyl (C=O) groups is 1. The quantitative estimate of drug-likeness (QED) is 0.367. The van der Waals surface area contributed by atoms with Gasteiger partial charge in [-0.15, -0.1) is 0 Å². The molecule has 5 nitrogen and oxygen atoms in total. The number of nitrogens with two attached hydrogens (primary N) is 1. The summed E-state index contributed by atoms with van der Waals surface area (Å²) in [6.07, 6.45) is 1.10. The molecule has 0 spiro atoms. The Bertz CT molecular complexity index is 980. The maximum Gasteiger partial charge on any atom is 0.210 e. The highest BCUT2D eigenvalue weighted by atomic mass is 35.5. The summed E-state index contributed by atoms with van der Waals surface area (Å²) in [6.45, 7) is 0. The molecule has 0 radical (unpaired) electrons. The Morgan fingerprint density at radius 2 is 2.00 bits per heavy atom. The fourth-order valence-corrected chi connectivity index (χ4v) is 3.20. The number of ketones is 1. The monoisotopic (exact) mass is 361 g/mol. The average Bonchev–Trinajstić information content (AvgIpc) is 2.92. The van der Waals surface area contributed by atoms with Crippen LogP contribution in [-0.4, -0.2) is 24.1 Å². The molecule has 1 heterocycles. The number of nitrogen functional groups attached to an aromatic ring is 1. The lowest BCUT2D eigenvalue weighted by atomic mass is 10.0. The van der Waals surface area contributed by atoms with Crippen molar-refractivity contribution in [1.82, 2.24) is 4.98 Å². The van der Waals surface area contributed by atoms with Crippen molar-refractivity contribution in [3.05, 3.63) is 57.2 Å². The second-order valence-electron chi connectivity index (χ2n) is 5.14. The molecule has 0 amide bonds. The van der Waals surface area contributed by atoms with E-state index in [0.717, 1.165) is 6.21 Å². The number of anilines is 1. The summed E-state index contributed by atoms with van der Waals surface area (Å²) in [5.41, 5.74) is 7.88. The first-order valence-corrected chi connectivity index (χ1v) is 7.72. The zero-order chi connectivity index (χ0) is 17.4. The molecule has 0 atom stereocenters. The predicted octanol–water partition coefficient (Wildman–Crippen LogP) is 4.29. The van der Waals surface area contributed by atoms with Crippen LogP contribution in [0.3, 0.4) is 0 Å². The number of aromatic amines is 1. The first kappa shape index (κ1) is 16.4. The van der Waals surface area contributed by atoms with Crippen LogP contribution >= 0.6 is 23.2 Å². The second-order valence-corrected chi connectivity index (χ2v) is 5.89. The molecule has 0 aliphatic heterocycles. The van der Waals surface area contributed by atoms with E-state index < -0.39 is 0 Å². The standard InChI is InChI=1S/C17H13Cl2N3O2/c1-24-12-5-4-11-13(14(12)18)15(19)16(22-11)17(23)8-2-3-10(21)9(6-8)7-20/h2-7,20,22H,21H2,1H3. The van der Waals surface area contributed by atoms with Crippen LogP contribution in [0.2, 0.25) is 10.0 Å². The van der Waals surface area contributed by atoms with Gasteiger partial charge in [-0.1, -0.05) is 23.2 Å². The highest BCUT2D eigenvalue weighted by Gasteiger charge is 2.21. The number of ether oxygens (including phenoxy) is 1. The molecule has 1 aromatic heterocycles. The number of H-pyrrole nitrogens is 1. The van der Waals surface area contributed by atoms with Crippen LogP contribution in [0.5, 0.6) is 5.75 Å². The molecule has 0 saturated heterocycles. The van der Waals surface area contributed by atoms with Gasteiger partial charge in [0.05, 0.1) is 17.2 Å². The third-order valence-corrected chi connectivity index (χ3v) is 4.51. The summed E-state index contributed by atoms with van der Waals surface area (Å²) in [7, 11) is 1.51. The summed E-state index contributed by atoms with van der Waals surface area (Å²) < 4.78 is 5.18. The number of methoxy groups -OCH3 is 1. The van der Waals surface area contributed by atoms with Gasteiger partial charge in [-0.2, -0.15) is 0 Å². The Morgan fingerprint density at radius 3 is 2.67 bits per heavy atom. The Morgan fingerprint density at radius 1 is 1.25 bits per heavy atom. The van der Waals surface area contributed by atoms with Crippen molar-refractivity contribution < 1.29 is 9.53 Å². The van der Waals surface area contributed by atoms with Crippen LogP contribution in [0.4, 0.5) is 5.69 Å². The molecule has 0 bridgehead atoms. The van der Waals surface area contributed by atoms with E-state index in [-0.39, 0.29) is 16.5 Å². The van der Waals surface area contributed by atoms with Crippen molar-refractivity contribution in [2.24, 2.45) is 0 Å². The molecule has 122 valence electrons. The molecule has 0 aliphatic rings. The normalized spacial score (nSPS) is 10.8. The fourth-order valence-electron chi connectivity index (χ4n) is 2.49. The minimum atomic E-state index is -0.311. The topological polar surface area (TPSA) is 92.0 Å². The number of benzene rings is 2. The first-order chi connectivity index (χ1) is 11.5. The van der Waals surface area contributed by atoms with Gasteiger partial charge in [-0.05, 0) is 30.3 Å². The number of halogens is 2. The van der Waals surface area contributed by atoms with Gasteiger partial charge in [-0.3, -0.25) is 4.79 Å². The lowest BCUT2D eigenvalue weighted by Crippen LogP contribution is -2.04. The largest absolute Gasteiger partial charge is 0.495 e. The predicted molar refractivity (Wildman–Crippen MR) is 97.0 cm³/mol. The zero-order valence-corrected chi connectivity index (χ0v) is 14.1. The van der Waals surface area contributed by atoms with Crippen molar-refractivity contribution in [3.8, 4) is 5.75 Å². The van der Waals surface area contributed by atoms with Crippen LogP contribution in [-0.2, 0) is 0 Å². The van der Waals surface area contributed by atoms with Crippen LogP contribution in [0.1, 0.15) is 21.6 Å². The van der Waals surface area contributed by atoms with E-state index in [4.69, 9.17) is 39.1 Å². The van der Waals surface area contributed by atoms with Gasteiger partial charge in [0.25, 0.3) is 0 Å². The van der Waals surface area contributed by atoms with Crippen molar-refractivity contribution in [2.75, 3.05) is 12.8 Å². The third kappa shape index (κ3) is 2.52. The van der Waals surface area contributed by atoms with E-state index >= 15 is 0 Å². The van der Waals surface area contributed by atoms with Crippen LogP contribution in [0.15, 0.2) is 30.3 Å². The molecule has 0 saturated carbocycles. The third-order valence-electron chi connectivity index (χ3n) is 3.76. The van der Waals surface area contributed by atoms with E-state index in [1.807, 2.05) is 0 Å². The Labute approximate surface area is 147 Å². The average molecular weight is 362 g/mol. The van der Waals surface area contributed by atoms with Gasteiger partial charge in [0.2, 0.25) is 5.78 Å². The molecular formula is C17H13Cl2N3O2. The highest BCUT2D eigenvalue weighted by molar-refractivity contribution is 6.45. The number of carbonyl (C=O) groups excluding carboxylic acids is 1. The highest BCUT2D eigenvalue weighted by Crippen LogP contribution is 2.39. The van der Waals surface area contributed by atoms with E-state index in [9.17, 15) is 4.79 Å². The summed E-state index contributed by atoms with van der Waals surface area (Å²) in [6, 6.07) is 8.17. The van der Waals surface area contributed by atoms with Crippen molar-refractivity contribution >= 4 is 51.8 Å². The van der Waals surface area contributed by atoms with E-state index in [1.165, 1.54) is 7.11 Å². The Kier molecular flexibility index (Phi) is 4.22. The van der Waals surface area contributed by atoms with Gasteiger partial charge in [0, 0.05) is 33.9 Å². The van der Waals surface area contributed by atoms with Gasteiger partial charge >= 0.3 is 0 Å². The zero-order valence-electron chi connectivity index (χ0n) is 12.6. The van der Waals surface area contributed by atoms with Crippen molar-refractivity contribution in [3.63, 3.8) is 0 Å². The van der Waals surface area contributed by atoms with Crippen molar-refractivity contribution in [1.29, 1.82) is 5.41 Å². The summed E-state index contributed by atoms with van der Waals surface area (Å²) >= 11 is 12.7. The minimum Gasteiger partial charge on any atom is -0.495 e. The molecule has 3 aromatic rings.